The summed E-state index contributed by atoms with van der Waals surface area (Å²) in [7, 11) is 0. The Hall–Kier alpha value is -0.600. The summed E-state index contributed by atoms with van der Waals surface area (Å²) in [6.45, 7) is 7.78. The van der Waals surface area contributed by atoms with Gasteiger partial charge in [0.1, 0.15) is 6.23 Å². The number of aliphatic hydroxyl groups excluding tert-OH is 1. The van der Waals surface area contributed by atoms with Gasteiger partial charge in [-0.15, -0.1) is 0 Å². The summed E-state index contributed by atoms with van der Waals surface area (Å²) in [6.07, 6.45) is 10.1. The third kappa shape index (κ3) is 6.87. The van der Waals surface area contributed by atoms with Crippen molar-refractivity contribution in [3.8, 4) is 0 Å². The lowest BCUT2D eigenvalue weighted by atomic mass is 10.2. The van der Waals surface area contributed by atoms with Crippen molar-refractivity contribution in [2.45, 2.75) is 39.8 Å². The monoisotopic (exact) mass is 197 g/mol. The first-order chi connectivity index (χ1) is 6.72. The molecule has 2 nitrogen and oxygen atoms in total. The van der Waals surface area contributed by atoms with E-state index in [1.807, 2.05) is 26.0 Å². The van der Waals surface area contributed by atoms with Crippen molar-refractivity contribution in [2.24, 2.45) is 0 Å². The van der Waals surface area contributed by atoms with Crippen molar-refractivity contribution < 1.29 is 5.11 Å². The quantitative estimate of drug-likeness (QED) is 0.385. The summed E-state index contributed by atoms with van der Waals surface area (Å²) in [5.41, 5.74) is 0. The van der Waals surface area contributed by atoms with Gasteiger partial charge in [-0.2, -0.15) is 0 Å². The molecule has 0 rings (SSSR count). The number of nitrogens with zero attached hydrogens (tertiary/aromatic N) is 1. The van der Waals surface area contributed by atoms with Crippen LogP contribution < -0.4 is 0 Å². The van der Waals surface area contributed by atoms with Crippen molar-refractivity contribution in [1.29, 1.82) is 0 Å². The summed E-state index contributed by atoms with van der Waals surface area (Å²) >= 11 is 0. The van der Waals surface area contributed by atoms with E-state index in [0.717, 1.165) is 25.9 Å². The molecule has 0 aliphatic carbocycles. The van der Waals surface area contributed by atoms with Gasteiger partial charge < -0.3 is 5.11 Å². The van der Waals surface area contributed by atoms with Gasteiger partial charge in [-0.3, -0.25) is 4.90 Å². The molecule has 0 aromatic heterocycles. The number of hydrogen-bond acceptors (Lipinski definition) is 2. The summed E-state index contributed by atoms with van der Waals surface area (Å²) in [5.74, 6) is 0. The highest BCUT2D eigenvalue weighted by molar-refractivity contribution is 5.00. The Balaban J connectivity index is 3.51. The minimum atomic E-state index is -0.320. The molecule has 0 saturated carbocycles. The lowest BCUT2D eigenvalue weighted by Crippen LogP contribution is -2.33. The number of aliphatic hydroxyl groups is 1. The van der Waals surface area contributed by atoms with Gasteiger partial charge in [-0.25, -0.2) is 0 Å². The molecule has 14 heavy (non-hydrogen) atoms. The van der Waals surface area contributed by atoms with Gasteiger partial charge in [0.25, 0.3) is 0 Å². The zero-order chi connectivity index (χ0) is 10.8. The van der Waals surface area contributed by atoms with E-state index in [0.29, 0.717) is 0 Å². The highest BCUT2D eigenvalue weighted by atomic mass is 16.3. The van der Waals surface area contributed by atoms with Crippen LogP contribution in [0.3, 0.4) is 0 Å². The minimum Gasteiger partial charge on any atom is -0.379 e. The first-order valence-corrected chi connectivity index (χ1v) is 5.42. The van der Waals surface area contributed by atoms with E-state index in [-0.39, 0.29) is 6.23 Å². The van der Waals surface area contributed by atoms with Gasteiger partial charge in [-0.05, 0) is 33.2 Å². The van der Waals surface area contributed by atoms with Crippen LogP contribution in [0.15, 0.2) is 24.3 Å². The molecule has 1 N–H and O–H groups in total. The van der Waals surface area contributed by atoms with Crippen molar-refractivity contribution in [2.75, 3.05) is 13.1 Å². The fourth-order valence-corrected chi connectivity index (χ4v) is 1.31. The molecule has 2 heteroatoms. The third-order valence-corrected chi connectivity index (χ3v) is 2.19. The van der Waals surface area contributed by atoms with Gasteiger partial charge in [0.15, 0.2) is 0 Å². The van der Waals surface area contributed by atoms with Crippen LogP contribution in [0.5, 0.6) is 0 Å². The first-order valence-electron chi connectivity index (χ1n) is 5.42. The van der Waals surface area contributed by atoms with E-state index in [9.17, 15) is 5.11 Å². The van der Waals surface area contributed by atoms with Crippen LogP contribution in [0.2, 0.25) is 0 Å². The Morgan fingerprint density at radius 2 is 2.07 bits per heavy atom. The second-order valence-corrected chi connectivity index (χ2v) is 3.36. The normalized spacial score (nSPS) is 14.6. The van der Waals surface area contributed by atoms with Crippen molar-refractivity contribution >= 4 is 0 Å². The molecule has 0 heterocycles. The lowest BCUT2D eigenvalue weighted by molar-refractivity contribution is 0.0220. The average molecular weight is 197 g/mol. The Bertz CT molecular complexity index is 173. The molecular formula is C12H23NO. The lowest BCUT2D eigenvalue weighted by Gasteiger charge is -2.22. The van der Waals surface area contributed by atoms with Gasteiger partial charge >= 0.3 is 0 Å². The van der Waals surface area contributed by atoms with Crippen molar-refractivity contribution in [3.63, 3.8) is 0 Å². The molecule has 82 valence electrons. The molecule has 0 aliphatic heterocycles. The fourth-order valence-electron chi connectivity index (χ4n) is 1.31. The molecule has 0 aromatic carbocycles. The van der Waals surface area contributed by atoms with Crippen molar-refractivity contribution in [1.82, 2.24) is 4.90 Å². The van der Waals surface area contributed by atoms with E-state index < -0.39 is 0 Å². The molecule has 0 fully saturated rings. The second-order valence-electron chi connectivity index (χ2n) is 3.36. The van der Waals surface area contributed by atoms with Crippen LogP contribution in [0.4, 0.5) is 0 Å². The van der Waals surface area contributed by atoms with Gasteiger partial charge in [-0.1, -0.05) is 31.2 Å². The zero-order valence-corrected chi connectivity index (χ0v) is 9.61. The minimum absolute atomic E-state index is 0.320. The molecule has 0 aromatic rings. The zero-order valence-electron chi connectivity index (χ0n) is 9.61. The van der Waals surface area contributed by atoms with Crippen LogP contribution in [0.1, 0.15) is 33.6 Å². The maximum Gasteiger partial charge on any atom is 0.104 e. The van der Waals surface area contributed by atoms with Gasteiger partial charge in [0, 0.05) is 6.54 Å². The fraction of sp³-hybridized carbons (Fsp3) is 0.667. The van der Waals surface area contributed by atoms with Crippen LogP contribution in [-0.2, 0) is 0 Å². The van der Waals surface area contributed by atoms with E-state index in [2.05, 4.69) is 24.0 Å². The van der Waals surface area contributed by atoms with Gasteiger partial charge in [0.2, 0.25) is 0 Å². The smallest absolute Gasteiger partial charge is 0.104 e. The molecule has 0 amide bonds. The number of unbranched alkanes of at least 4 members (excludes halogenated alkanes) is 1. The van der Waals surface area contributed by atoms with Crippen LogP contribution in [-0.4, -0.2) is 29.3 Å². The summed E-state index contributed by atoms with van der Waals surface area (Å²) in [5, 5.41) is 9.35. The Kier molecular flexibility index (Phi) is 8.59. The molecule has 1 unspecified atom stereocenters. The number of allylic oxidation sites excluding steroid dienone is 4. The van der Waals surface area contributed by atoms with Crippen LogP contribution in [0.25, 0.3) is 0 Å². The maximum atomic E-state index is 9.35. The maximum absolute atomic E-state index is 9.35. The Labute approximate surface area is 87.9 Å². The van der Waals surface area contributed by atoms with E-state index in [4.69, 9.17) is 0 Å². The first kappa shape index (κ1) is 13.4. The van der Waals surface area contributed by atoms with Crippen LogP contribution in [0, 0.1) is 0 Å². The Morgan fingerprint density at radius 3 is 2.57 bits per heavy atom. The number of hydrogen-bond donors (Lipinski definition) is 1. The molecule has 0 bridgehead atoms. The summed E-state index contributed by atoms with van der Waals surface area (Å²) in [4.78, 5) is 2.06. The topological polar surface area (TPSA) is 23.5 Å². The molecule has 0 radical (unpaired) electrons. The molecule has 0 spiro atoms. The SMILES string of the molecule is CC=CC=CCCCN(CC)C(C)O. The highest BCUT2D eigenvalue weighted by Crippen LogP contribution is 2.00. The number of rotatable bonds is 7. The van der Waals surface area contributed by atoms with Crippen molar-refractivity contribution in [3.05, 3.63) is 24.3 Å². The standard InChI is InChI=1S/C12H23NO/c1-4-6-7-8-9-10-11-13(5-2)12(3)14/h4,6-8,12,14H,5,9-11H2,1-3H3. The average Bonchev–Trinajstić information content (AvgIpc) is 2.16. The molecule has 0 aliphatic rings. The van der Waals surface area contributed by atoms with E-state index >= 15 is 0 Å². The largest absolute Gasteiger partial charge is 0.379 e. The summed E-state index contributed by atoms with van der Waals surface area (Å²) in [6, 6.07) is 0. The van der Waals surface area contributed by atoms with E-state index in [1.54, 1.807) is 0 Å². The molecule has 1 atom stereocenters. The van der Waals surface area contributed by atoms with E-state index in [1.165, 1.54) is 0 Å². The third-order valence-electron chi connectivity index (χ3n) is 2.19. The Morgan fingerprint density at radius 1 is 1.36 bits per heavy atom. The molecular weight excluding hydrogens is 174 g/mol. The predicted molar refractivity (Wildman–Crippen MR) is 62.1 cm³/mol. The molecule has 0 saturated heterocycles. The highest BCUT2D eigenvalue weighted by Gasteiger charge is 2.05. The predicted octanol–water partition coefficient (Wildman–Crippen LogP) is 2.56. The summed E-state index contributed by atoms with van der Waals surface area (Å²) < 4.78 is 0. The van der Waals surface area contributed by atoms with Crippen LogP contribution >= 0.6 is 0 Å². The van der Waals surface area contributed by atoms with Gasteiger partial charge in [0.05, 0.1) is 0 Å². The second kappa shape index (κ2) is 8.97.